The highest BCUT2D eigenvalue weighted by Crippen LogP contribution is 2.16. The smallest absolute Gasteiger partial charge is 0.235 e. The third-order valence-corrected chi connectivity index (χ3v) is 3.41. The van der Waals surface area contributed by atoms with Gasteiger partial charge >= 0.3 is 0 Å². The van der Waals surface area contributed by atoms with Gasteiger partial charge in [0.15, 0.2) is 10.3 Å². The first-order valence-corrected chi connectivity index (χ1v) is 6.18. The number of aromatic nitrogens is 6. The van der Waals surface area contributed by atoms with Gasteiger partial charge in [-0.25, -0.2) is 9.36 Å². The van der Waals surface area contributed by atoms with E-state index < -0.39 is 0 Å². The molecule has 94 valence electrons. The maximum atomic E-state index is 12.2. The minimum atomic E-state index is -0.243. The molecule has 0 spiro atoms. The molecule has 18 heavy (non-hydrogen) atoms. The summed E-state index contributed by atoms with van der Waals surface area (Å²) in [6.07, 6.45) is 1.66. The van der Waals surface area contributed by atoms with Gasteiger partial charge in [0.05, 0.1) is 12.2 Å². The highest BCUT2D eigenvalue weighted by molar-refractivity contribution is 9.10. The normalized spacial score (nSPS) is 15.7. The summed E-state index contributed by atoms with van der Waals surface area (Å²) in [5, 5.41) is 18.6. The number of nitrogens with zero attached hydrogens (tertiary/aromatic N) is 6. The fraction of sp³-hybridized carbons (Fsp3) is 0.444. The molecule has 1 aliphatic heterocycles. The molecule has 0 radical (unpaired) electrons. The van der Waals surface area contributed by atoms with Gasteiger partial charge in [-0.3, -0.25) is 4.79 Å². The van der Waals surface area contributed by atoms with Gasteiger partial charge in [-0.05, 0) is 15.9 Å². The molecular weight excluding hydrogens is 302 g/mol. The first kappa shape index (κ1) is 11.5. The van der Waals surface area contributed by atoms with Crippen molar-refractivity contribution in [2.75, 3.05) is 13.1 Å². The summed E-state index contributed by atoms with van der Waals surface area (Å²) in [4.78, 5) is 12.2. The Labute approximate surface area is 110 Å². The minimum absolute atomic E-state index is 0.243. The van der Waals surface area contributed by atoms with Crippen molar-refractivity contribution in [3.8, 4) is 0 Å². The summed E-state index contributed by atoms with van der Waals surface area (Å²) in [6, 6.07) is 0.284. The van der Waals surface area contributed by atoms with Gasteiger partial charge in [0, 0.05) is 20.1 Å². The van der Waals surface area contributed by atoms with E-state index >= 15 is 0 Å². The summed E-state index contributed by atoms with van der Waals surface area (Å²) in [7, 11) is 1.66. The molecule has 0 aromatic carbocycles. The van der Waals surface area contributed by atoms with E-state index in [-0.39, 0.29) is 11.8 Å². The maximum Gasteiger partial charge on any atom is 0.235 e. The molecule has 0 amide bonds. The second-order valence-corrected chi connectivity index (χ2v) is 4.83. The summed E-state index contributed by atoms with van der Waals surface area (Å²) in [6.45, 7) is 1.71. The lowest BCUT2D eigenvalue weighted by atomic mass is 10.2. The molecule has 1 fully saturated rings. The van der Waals surface area contributed by atoms with E-state index in [0.29, 0.717) is 16.0 Å². The maximum absolute atomic E-state index is 12.2. The first-order valence-electron chi connectivity index (χ1n) is 5.39. The zero-order valence-corrected chi connectivity index (χ0v) is 11.1. The van der Waals surface area contributed by atoms with Crippen LogP contribution in [0, 0.1) is 0 Å². The number of halogens is 1. The number of nitrogens with one attached hydrogen (secondary N) is 1. The molecular formula is C9H10BrN7O. The van der Waals surface area contributed by atoms with Gasteiger partial charge in [-0.2, -0.15) is 0 Å². The molecule has 0 bridgehead atoms. The lowest BCUT2D eigenvalue weighted by molar-refractivity contribution is 0.102. The first-order chi connectivity index (χ1) is 8.66. The standard InChI is InChI=1S/C9H10BrN7O/c1-16-7(9(10)13-14-16)8(18)6-4-17(15-12-6)5-2-11-3-5/h4-5,11H,2-3H2,1H3. The predicted octanol–water partition coefficient (Wildman–Crippen LogP) is -0.456. The predicted molar refractivity (Wildman–Crippen MR) is 64.1 cm³/mol. The Kier molecular flexibility index (Phi) is 2.71. The third-order valence-electron chi connectivity index (χ3n) is 2.88. The molecule has 0 saturated carbocycles. The molecule has 9 heteroatoms. The molecule has 3 rings (SSSR count). The van der Waals surface area contributed by atoms with Crippen LogP contribution in [0.5, 0.6) is 0 Å². The van der Waals surface area contributed by atoms with Gasteiger partial charge in [0.25, 0.3) is 0 Å². The van der Waals surface area contributed by atoms with Crippen molar-refractivity contribution in [3.05, 3.63) is 22.2 Å². The van der Waals surface area contributed by atoms with Crippen LogP contribution in [0.3, 0.4) is 0 Å². The highest BCUT2D eigenvalue weighted by Gasteiger charge is 2.25. The molecule has 0 atom stereocenters. The van der Waals surface area contributed by atoms with Crippen molar-refractivity contribution in [3.63, 3.8) is 0 Å². The molecule has 2 aromatic heterocycles. The van der Waals surface area contributed by atoms with Crippen LogP contribution in [0.1, 0.15) is 22.2 Å². The molecule has 2 aromatic rings. The van der Waals surface area contributed by atoms with Gasteiger partial charge in [-0.15, -0.1) is 10.2 Å². The number of hydrogen-bond acceptors (Lipinski definition) is 6. The van der Waals surface area contributed by atoms with E-state index in [2.05, 4.69) is 41.9 Å². The summed E-state index contributed by atoms with van der Waals surface area (Å²) in [5.41, 5.74) is 0.668. The van der Waals surface area contributed by atoms with Crippen LogP contribution in [0.2, 0.25) is 0 Å². The Balaban J connectivity index is 1.90. The van der Waals surface area contributed by atoms with Crippen LogP contribution in [0.25, 0.3) is 0 Å². The summed E-state index contributed by atoms with van der Waals surface area (Å²) >= 11 is 3.20. The largest absolute Gasteiger partial charge is 0.312 e. The molecule has 1 N–H and O–H groups in total. The number of rotatable bonds is 3. The second-order valence-electron chi connectivity index (χ2n) is 4.08. The SMILES string of the molecule is Cn1nnc(Br)c1C(=O)c1cn(C2CNC2)nn1. The number of carbonyl (C=O) groups is 1. The van der Waals surface area contributed by atoms with Gasteiger partial charge in [-0.1, -0.05) is 10.4 Å². The number of ketones is 1. The van der Waals surface area contributed by atoms with Crippen LogP contribution >= 0.6 is 15.9 Å². The topological polar surface area (TPSA) is 90.5 Å². The van der Waals surface area contributed by atoms with Crippen molar-refractivity contribution >= 4 is 21.7 Å². The van der Waals surface area contributed by atoms with E-state index in [1.807, 2.05) is 0 Å². The van der Waals surface area contributed by atoms with Crippen molar-refractivity contribution in [1.82, 2.24) is 35.3 Å². The van der Waals surface area contributed by atoms with Crippen molar-refractivity contribution in [2.45, 2.75) is 6.04 Å². The van der Waals surface area contributed by atoms with Crippen LogP contribution < -0.4 is 5.32 Å². The van der Waals surface area contributed by atoms with E-state index in [9.17, 15) is 4.79 Å². The average Bonchev–Trinajstić information content (AvgIpc) is 2.84. The average molecular weight is 312 g/mol. The Morgan fingerprint density at radius 2 is 2.22 bits per heavy atom. The fourth-order valence-corrected chi connectivity index (χ4v) is 2.22. The highest BCUT2D eigenvalue weighted by atomic mass is 79.9. The van der Waals surface area contributed by atoms with Crippen LogP contribution in [-0.4, -0.2) is 48.9 Å². The lowest BCUT2D eigenvalue weighted by Crippen LogP contribution is -2.43. The Bertz CT molecular complexity index is 580. The molecule has 0 unspecified atom stereocenters. The molecule has 0 aliphatic carbocycles. The number of carbonyl (C=O) groups excluding carboxylic acids is 1. The van der Waals surface area contributed by atoms with Crippen molar-refractivity contribution in [1.29, 1.82) is 0 Å². The van der Waals surface area contributed by atoms with E-state index in [1.54, 1.807) is 17.9 Å². The Hall–Kier alpha value is -1.61. The van der Waals surface area contributed by atoms with Crippen LogP contribution in [0.4, 0.5) is 0 Å². The van der Waals surface area contributed by atoms with Gasteiger partial charge < -0.3 is 5.32 Å². The molecule has 1 saturated heterocycles. The van der Waals surface area contributed by atoms with Crippen LogP contribution in [-0.2, 0) is 7.05 Å². The van der Waals surface area contributed by atoms with Crippen molar-refractivity contribution < 1.29 is 4.79 Å². The lowest BCUT2D eigenvalue weighted by Gasteiger charge is -2.26. The zero-order valence-electron chi connectivity index (χ0n) is 9.54. The van der Waals surface area contributed by atoms with E-state index in [4.69, 9.17) is 0 Å². The number of hydrogen-bond donors (Lipinski definition) is 1. The Morgan fingerprint density at radius 3 is 2.78 bits per heavy atom. The van der Waals surface area contributed by atoms with Crippen molar-refractivity contribution in [2.24, 2.45) is 7.05 Å². The fourth-order valence-electron chi connectivity index (χ4n) is 1.71. The number of aryl methyl sites for hydroxylation is 1. The molecule has 8 nitrogen and oxygen atoms in total. The van der Waals surface area contributed by atoms with Crippen LogP contribution in [0.15, 0.2) is 10.8 Å². The second kappa shape index (κ2) is 4.25. The summed E-state index contributed by atoms with van der Waals surface area (Å²) in [5.74, 6) is -0.243. The van der Waals surface area contributed by atoms with Gasteiger partial charge in [0.1, 0.15) is 5.69 Å². The van der Waals surface area contributed by atoms with E-state index in [0.717, 1.165) is 13.1 Å². The monoisotopic (exact) mass is 311 g/mol. The Morgan fingerprint density at radius 1 is 1.44 bits per heavy atom. The zero-order chi connectivity index (χ0) is 12.7. The molecule has 1 aliphatic rings. The summed E-state index contributed by atoms with van der Waals surface area (Å²) < 4.78 is 3.53. The molecule has 3 heterocycles. The third kappa shape index (κ3) is 1.75. The minimum Gasteiger partial charge on any atom is -0.312 e. The van der Waals surface area contributed by atoms with Gasteiger partial charge in [0.2, 0.25) is 5.78 Å². The van der Waals surface area contributed by atoms with E-state index in [1.165, 1.54) is 4.68 Å². The quantitative estimate of drug-likeness (QED) is 0.772.